The molecule has 0 bridgehead atoms. The Balaban J connectivity index is 2.32. The molecule has 100 valence electrons. The van der Waals surface area contributed by atoms with Crippen molar-refractivity contribution in [1.29, 1.82) is 0 Å². The summed E-state index contributed by atoms with van der Waals surface area (Å²) < 4.78 is 42.7. The lowest BCUT2D eigenvalue weighted by atomic mass is 9.90. The molecule has 0 aliphatic heterocycles. The molecule has 1 aromatic carbocycles. The molecule has 2 rings (SSSR count). The van der Waals surface area contributed by atoms with Gasteiger partial charge < -0.3 is 4.42 Å². The Labute approximate surface area is 107 Å². The summed E-state index contributed by atoms with van der Waals surface area (Å²) in [5.74, 6) is -1.99. The van der Waals surface area contributed by atoms with Gasteiger partial charge in [0.15, 0.2) is 5.76 Å². The molecule has 0 saturated carbocycles. The zero-order chi connectivity index (χ0) is 13.9. The fourth-order valence-electron chi connectivity index (χ4n) is 1.87. The molecule has 0 amide bonds. The van der Waals surface area contributed by atoms with Crippen molar-refractivity contribution < 1.29 is 22.4 Å². The van der Waals surface area contributed by atoms with Gasteiger partial charge in [-0.05, 0) is 17.7 Å². The second-order valence-corrected chi connectivity index (χ2v) is 4.12. The number of carbonyl (C=O) groups is 1. The van der Waals surface area contributed by atoms with Gasteiger partial charge in [0.2, 0.25) is 5.78 Å². The highest BCUT2D eigenvalue weighted by atomic mass is 19.4. The number of Topliss-reactive ketones (excluding diaryl/α,β-unsaturated/α-hetero) is 1. The standard InChI is InChI=1S/C14H11F3O2/c15-14(16,17)9-11(10-5-2-1-3-6-10)13(18)12-7-4-8-19-12/h1-8,11H,9H2. The lowest BCUT2D eigenvalue weighted by Gasteiger charge is -2.17. The van der Waals surface area contributed by atoms with Crippen molar-refractivity contribution in [3.05, 3.63) is 60.1 Å². The molecule has 5 heteroatoms. The summed E-state index contributed by atoms with van der Waals surface area (Å²) in [6.07, 6.45) is -4.35. The number of hydrogen-bond acceptors (Lipinski definition) is 2. The summed E-state index contributed by atoms with van der Waals surface area (Å²) in [4.78, 5) is 12.1. The first-order valence-corrected chi connectivity index (χ1v) is 5.67. The fraction of sp³-hybridized carbons (Fsp3) is 0.214. The molecule has 2 nitrogen and oxygen atoms in total. The highest BCUT2D eigenvalue weighted by molar-refractivity contribution is 5.98. The first-order chi connectivity index (χ1) is 8.97. The minimum Gasteiger partial charge on any atom is -0.461 e. The van der Waals surface area contributed by atoms with Crippen LogP contribution in [0, 0.1) is 0 Å². The summed E-state index contributed by atoms with van der Waals surface area (Å²) >= 11 is 0. The van der Waals surface area contributed by atoms with E-state index in [0.29, 0.717) is 5.56 Å². The van der Waals surface area contributed by atoms with Crippen LogP contribution in [0.15, 0.2) is 53.1 Å². The lowest BCUT2D eigenvalue weighted by molar-refractivity contribution is -0.136. The number of rotatable bonds is 4. The van der Waals surface area contributed by atoms with Gasteiger partial charge in [0.05, 0.1) is 18.6 Å². The van der Waals surface area contributed by atoms with Crippen LogP contribution < -0.4 is 0 Å². The Hall–Kier alpha value is -2.04. The Kier molecular flexibility index (Phi) is 3.74. The smallest absolute Gasteiger partial charge is 0.390 e. The highest BCUT2D eigenvalue weighted by Crippen LogP contribution is 2.33. The van der Waals surface area contributed by atoms with Gasteiger partial charge in [-0.15, -0.1) is 0 Å². The molecule has 1 atom stereocenters. The second kappa shape index (κ2) is 5.30. The van der Waals surface area contributed by atoms with E-state index >= 15 is 0 Å². The zero-order valence-electron chi connectivity index (χ0n) is 9.85. The largest absolute Gasteiger partial charge is 0.461 e. The number of halogens is 3. The molecule has 0 N–H and O–H groups in total. The van der Waals surface area contributed by atoms with Gasteiger partial charge >= 0.3 is 6.18 Å². The van der Waals surface area contributed by atoms with Crippen molar-refractivity contribution in [2.75, 3.05) is 0 Å². The van der Waals surface area contributed by atoms with E-state index in [1.165, 1.54) is 30.5 Å². The quantitative estimate of drug-likeness (QED) is 0.778. The van der Waals surface area contributed by atoms with Crippen LogP contribution in [-0.2, 0) is 0 Å². The maximum Gasteiger partial charge on any atom is 0.390 e. The third-order valence-electron chi connectivity index (χ3n) is 2.72. The van der Waals surface area contributed by atoms with E-state index in [2.05, 4.69) is 0 Å². The zero-order valence-corrected chi connectivity index (χ0v) is 9.85. The van der Waals surface area contributed by atoms with Gasteiger partial charge in [0, 0.05) is 0 Å². The molecule has 1 unspecified atom stereocenters. The van der Waals surface area contributed by atoms with Gasteiger partial charge in [-0.2, -0.15) is 13.2 Å². The van der Waals surface area contributed by atoms with Gasteiger partial charge in [-0.3, -0.25) is 4.79 Å². The van der Waals surface area contributed by atoms with Gasteiger partial charge in [0.25, 0.3) is 0 Å². The predicted octanol–water partition coefficient (Wildman–Crippen LogP) is 4.20. The Bertz CT molecular complexity index is 530. The fourth-order valence-corrected chi connectivity index (χ4v) is 1.87. The number of alkyl halides is 3. The van der Waals surface area contributed by atoms with E-state index in [4.69, 9.17) is 4.42 Å². The van der Waals surface area contributed by atoms with Gasteiger partial charge in [-0.25, -0.2) is 0 Å². The van der Waals surface area contributed by atoms with Crippen LogP contribution in [0.5, 0.6) is 0 Å². The first-order valence-electron chi connectivity index (χ1n) is 5.67. The molecule has 1 heterocycles. The van der Waals surface area contributed by atoms with Crippen LogP contribution in [0.3, 0.4) is 0 Å². The molecular formula is C14H11F3O2. The first kappa shape index (κ1) is 13.4. The van der Waals surface area contributed by atoms with Crippen molar-refractivity contribution in [3.8, 4) is 0 Å². The number of hydrogen-bond donors (Lipinski definition) is 0. The van der Waals surface area contributed by atoms with E-state index in [-0.39, 0.29) is 5.76 Å². The topological polar surface area (TPSA) is 30.2 Å². The SMILES string of the molecule is O=C(c1ccco1)C(CC(F)(F)F)c1ccccc1. The van der Waals surface area contributed by atoms with Crippen molar-refractivity contribution >= 4 is 5.78 Å². The summed E-state index contributed by atoms with van der Waals surface area (Å²) in [5, 5.41) is 0. The van der Waals surface area contributed by atoms with E-state index in [1.54, 1.807) is 18.2 Å². The Morgan fingerprint density at radius 3 is 2.32 bits per heavy atom. The molecule has 0 fully saturated rings. The van der Waals surface area contributed by atoms with Crippen LogP contribution >= 0.6 is 0 Å². The number of furan rings is 1. The van der Waals surface area contributed by atoms with Crippen molar-refractivity contribution in [3.63, 3.8) is 0 Å². The minimum atomic E-state index is -4.41. The van der Waals surface area contributed by atoms with Crippen LogP contribution in [0.4, 0.5) is 13.2 Å². The molecule has 0 aliphatic rings. The second-order valence-electron chi connectivity index (χ2n) is 4.12. The third kappa shape index (κ3) is 3.47. The Morgan fingerprint density at radius 2 is 1.79 bits per heavy atom. The highest BCUT2D eigenvalue weighted by Gasteiger charge is 2.37. The summed E-state index contributed by atoms with van der Waals surface area (Å²) in [5.41, 5.74) is 0.334. The summed E-state index contributed by atoms with van der Waals surface area (Å²) in [7, 11) is 0. The van der Waals surface area contributed by atoms with Crippen molar-refractivity contribution in [2.24, 2.45) is 0 Å². The molecule has 0 spiro atoms. The molecule has 0 radical (unpaired) electrons. The summed E-state index contributed by atoms with van der Waals surface area (Å²) in [6, 6.07) is 10.8. The van der Waals surface area contributed by atoms with Gasteiger partial charge in [-0.1, -0.05) is 30.3 Å². The van der Waals surface area contributed by atoms with Crippen LogP contribution in [0.25, 0.3) is 0 Å². The van der Waals surface area contributed by atoms with E-state index in [1.807, 2.05) is 0 Å². The van der Waals surface area contributed by atoms with Crippen LogP contribution in [0.2, 0.25) is 0 Å². The average molecular weight is 268 g/mol. The monoisotopic (exact) mass is 268 g/mol. The van der Waals surface area contributed by atoms with Gasteiger partial charge in [0.1, 0.15) is 0 Å². The Morgan fingerprint density at radius 1 is 1.11 bits per heavy atom. The molecule has 2 aromatic rings. The number of carbonyl (C=O) groups excluding carboxylic acids is 1. The summed E-state index contributed by atoms with van der Waals surface area (Å²) in [6.45, 7) is 0. The van der Waals surface area contributed by atoms with Crippen molar-refractivity contribution in [1.82, 2.24) is 0 Å². The predicted molar refractivity (Wildman–Crippen MR) is 62.9 cm³/mol. The van der Waals surface area contributed by atoms with Crippen molar-refractivity contribution in [2.45, 2.75) is 18.5 Å². The molecule has 0 saturated heterocycles. The van der Waals surface area contributed by atoms with E-state index in [0.717, 1.165) is 0 Å². The van der Waals surface area contributed by atoms with Crippen LogP contribution in [0.1, 0.15) is 28.5 Å². The molecular weight excluding hydrogens is 257 g/mol. The molecule has 1 aromatic heterocycles. The van der Waals surface area contributed by atoms with E-state index in [9.17, 15) is 18.0 Å². The van der Waals surface area contributed by atoms with Crippen LogP contribution in [-0.4, -0.2) is 12.0 Å². The minimum absolute atomic E-state index is 0.0573. The number of ketones is 1. The maximum atomic E-state index is 12.6. The molecule has 19 heavy (non-hydrogen) atoms. The number of benzene rings is 1. The molecule has 0 aliphatic carbocycles. The van der Waals surface area contributed by atoms with E-state index < -0.39 is 24.3 Å². The maximum absolute atomic E-state index is 12.6. The normalized spacial score (nSPS) is 13.2. The third-order valence-corrected chi connectivity index (χ3v) is 2.72. The average Bonchev–Trinajstić information content (AvgIpc) is 2.89. The lowest BCUT2D eigenvalue weighted by Crippen LogP contribution is -2.20.